The molecule has 92 valence electrons. The molecule has 18 heavy (non-hydrogen) atoms. The van der Waals surface area contributed by atoms with Crippen molar-refractivity contribution in [2.45, 2.75) is 13.8 Å². The Labute approximate surface area is 104 Å². The number of aryl methyl sites for hydroxylation is 1. The van der Waals surface area contributed by atoms with Crippen molar-refractivity contribution in [2.24, 2.45) is 0 Å². The molecule has 0 saturated carbocycles. The first kappa shape index (κ1) is 10.8. The number of nitrogens with zero attached hydrogens (tertiary/aromatic N) is 2. The first-order chi connectivity index (χ1) is 8.70. The second-order valence-electron chi connectivity index (χ2n) is 4.31. The predicted octanol–water partition coefficient (Wildman–Crippen LogP) is 2.43. The summed E-state index contributed by atoms with van der Waals surface area (Å²) >= 11 is 0. The van der Waals surface area contributed by atoms with E-state index in [4.69, 9.17) is 5.73 Å². The average Bonchev–Trinajstić information content (AvgIpc) is 2.76. The summed E-state index contributed by atoms with van der Waals surface area (Å²) in [5.74, 6) is 1.22. The number of fused-ring (bicyclic) bond motifs is 3. The largest absolute Gasteiger partial charge is 0.382 e. The fraction of sp³-hybridized carbons (Fsp3) is 0.231. The van der Waals surface area contributed by atoms with Crippen molar-refractivity contribution in [3.05, 3.63) is 23.8 Å². The van der Waals surface area contributed by atoms with E-state index in [0.29, 0.717) is 5.82 Å². The van der Waals surface area contributed by atoms with Crippen LogP contribution in [0.5, 0.6) is 0 Å². The maximum absolute atomic E-state index is 5.99. The molecule has 0 unspecified atom stereocenters. The van der Waals surface area contributed by atoms with Gasteiger partial charge >= 0.3 is 0 Å². The predicted molar refractivity (Wildman–Crippen MR) is 74.7 cm³/mol. The summed E-state index contributed by atoms with van der Waals surface area (Å²) in [4.78, 5) is 12.2. The van der Waals surface area contributed by atoms with Gasteiger partial charge in [-0.05, 0) is 19.4 Å². The summed E-state index contributed by atoms with van der Waals surface area (Å²) in [7, 11) is 0. The highest BCUT2D eigenvalue weighted by Gasteiger charge is 2.12. The number of nitrogen functional groups attached to an aromatic ring is 1. The van der Waals surface area contributed by atoms with Gasteiger partial charge < -0.3 is 16.0 Å². The van der Waals surface area contributed by atoms with Crippen molar-refractivity contribution in [1.29, 1.82) is 0 Å². The molecule has 3 aromatic rings. The molecule has 3 rings (SSSR count). The number of anilines is 2. The summed E-state index contributed by atoms with van der Waals surface area (Å²) < 4.78 is 0. The lowest BCUT2D eigenvalue weighted by Gasteiger charge is -2.03. The molecule has 0 fully saturated rings. The van der Waals surface area contributed by atoms with Gasteiger partial charge in [0.25, 0.3) is 0 Å². The highest BCUT2D eigenvalue weighted by molar-refractivity contribution is 6.07. The number of hydrogen-bond donors (Lipinski definition) is 3. The standard InChI is InChI=1S/C13H15N5/c1-3-15-13-17-10-8-6-4-5-7(2)9(8)16-12(14)11(10)18-13/h4-6H,3H2,1-2H3,(H2,14,16)(H2,15,17,18). The number of pyridine rings is 1. The van der Waals surface area contributed by atoms with Crippen molar-refractivity contribution < 1.29 is 0 Å². The third-order valence-electron chi connectivity index (χ3n) is 3.03. The van der Waals surface area contributed by atoms with Crippen LogP contribution in [0.4, 0.5) is 11.8 Å². The van der Waals surface area contributed by atoms with Gasteiger partial charge in [-0.2, -0.15) is 0 Å². The molecule has 2 heterocycles. The van der Waals surface area contributed by atoms with Crippen LogP contribution in [0.3, 0.4) is 0 Å². The van der Waals surface area contributed by atoms with E-state index >= 15 is 0 Å². The summed E-state index contributed by atoms with van der Waals surface area (Å²) in [5, 5.41) is 4.18. The summed E-state index contributed by atoms with van der Waals surface area (Å²) in [6.07, 6.45) is 0. The number of rotatable bonds is 2. The van der Waals surface area contributed by atoms with Crippen LogP contribution in [0.1, 0.15) is 12.5 Å². The highest BCUT2D eigenvalue weighted by Crippen LogP contribution is 2.28. The van der Waals surface area contributed by atoms with Crippen LogP contribution in [-0.4, -0.2) is 21.5 Å². The second kappa shape index (κ2) is 3.87. The maximum atomic E-state index is 5.99. The number of aromatic amines is 1. The number of H-pyrrole nitrogens is 1. The van der Waals surface area contributed by atoms with Crippen LogP contribution in [0.25, 0.3) is 21.9 Å². The van der Waals surface area contributed by atoms with E-state index in [1.165, 1.54) is 0 Å². The van der Waals surface area contributed by atoms with Gasteiger partial charge in [-0.15, -0.1) is 0 Å². The first-order valence-electron chi connectivity index (χ1n) is 5.99. The molecule has 0 aliphatic heterocycles. The Morgan fingerprint density at radius 2 is 2.11 bits per heavy atom. The second-order valence-corrected chi connectivity index (χ2v) is 4.31. The molecule has 0 atom stereocenters. The number of nitrogens with one attached hydrogen (secondary N) is 2. The monoisotopic (exact) mass is 241 g/mol. The maximum Gasteiger partial charge on any atom is 0.201 e. The molecule has 0 radical (unpaired) electrons. The van der Waals surface area contributed by atoms with Gasteiger partial charge in [0.05, 0.1) is 5.52 Å². The van der Waals surface area contributed by atoms with Crippen molar-refractivity contribution >= 4 is 33.7 Å². The van der Waals surface area contributed by atoms with Gasteiger partial charge in [-0.1, -0.05) is 18.2 Å². The fourth-order valence-electron chi connectivity index (χ4n) is 2.18. The number of aromatic nitrogens is 3. The lowest BCUT2D eigenvalue weighted by atomic mass is 10.1. The molecule has 0 spiro atoms. The van der Waals surface area contributed by atoms with Crippen LogP contribution in [-0.2, 0) is 0 Å². The van der Waals surface area contributed by atoms with Gasteiger partial charge in [0.15, 0.2) is 0 Å². The molecule has 5 nitrogen and oxygen atoms in total. The normalized spacial score (nSPS) is 11.2. The van der Waals surface area contributed by atoms with E-state index in [1.54, 1.807) is 0 Å². The quantitative estimate of drug-likeness (QED) is 0.643. The Morgan fingerprint density at radius 3 is 2.89 bits per heavy atom. The molecule has 0 aliphatic carbocycles. The topological polar surface area (TPSA) is 79.6 Å². The minimum atomic E-state index is 0.489. The van der Waals surface area contributed by atoms with Crippen LogP contribution in [0.2, 0.25) is 0 Å². The Bertz CT molecular complexity index is 729. The van der Waals surface area contributed by atoms with E-state index in [-0.39, 0.29) is 0 Å². The van der Waals surface area contributed by atoms with Crippen LogP contribution >= 0.6 is 0 Å². The lowest BCUT2D eigenvalue weighted by molar-refractivity contribution is 1.14. The molecule has 0 saturated heterocycles. The Morgan fingerprint density at radius 1 is 1.28 bits per heavy atom. The third-order valence-corrected chi connectivity index (χ3v) is 3.03. The third kappa shape index (κ3) is 1.48. The van der Waals surface area contributed by atoms with Gasteiger partial charge in [0.1, 0.15) is 16.9 Å². The molecule has 0 amide bonds. The Balaban J connectivity index is 2.41. The number of nitrogens with two attached hydrogens (primary N) is 1. The summed E-state index contributed by atoms with van der Waals surface area (Å²) in [6, 6.07) is 6.06. The zero-order valence-electron chi connectivity index (χ0n) is 10.4. The molecule has 4 N–H and O–H groups in total. The molecule has 0 aliphatic rings. The van der Waals surface area contributed by atoms with E-state index in [9.17, 15) is 0 Å². The van der Waals surface area contributed by atoms with Crippen molar-refractivity contribution in [2.75, 3.05) is 17.6 Å². The minimum absolute atomic E-state index is 0.489. The minimum Gasteiger partial charge on any atom is -0.382 e. The number of benzene rings is 1. The molecular formula is C13H15N5. The van der Waals surface area contributed by atoms with Gasteiger partial charge in [-0.25, -0.2) is 9.97 Å². The van der Waals surface area contributed by atoms with Crippen LogP contribution < -0.4 is 11.1 Å². The average molecular weight is 241 g/mol. The molecular weight excluding hydrogens is 226 g/mol. The zero-order valence-corrected chi connectivity index (χ0v) is 10.4. The van der Waals surface area contributed by atoms with Crippen LogP contribution in [0.15, 0.2) is 18.2 Å². The lowest BCUT2D eigenvalue weighted by Crippen LogP contribution is -1.97. The van der Waals surface area contributed by atoms with Crippen LogP contribution in [0, 0.1) is 6.92 Å². The van der Waals surface area contributed by atoms with E-state index < -0.39 is 0 Å². The highest BCUT2D eigenvalue weighted by atomic mass is 15.1. The Hall–Kier alpha value is -2.30. The van der Waals surface area contributed by atoms with E-state index in [2.05, 4.69) is 20.3 Å². The summed E-state index contributed by atoms with van der Waals surface area (Å²) in [5.41, 5.74) is 9.68. The van der Waals surface area contributed by atoms with E-state index in [0.717, 1.165) is 40.0 Å². The van der Waals surface area contributed by atoms with Crippen molar-refractivity contribution in [1.82, 2.24) is 15.0 Å². The molecule has 5 heteroatoms. The molecule has 0 bridgehead atoms. The molecule has 1 aromatic carbocycles. The number of para-hydroxylation sites is 1. The smallest absolute Gasteiger partial charge is 0.201 e. The SMILES string of the molecule is CCNc1nc2c([nH]1)c(N)nc1c(C)cccc12. The fourth-order valence-corrected chi connectivity index (χ4v) is 2.18. The first-order valence-corrected chi connectivity index (χ1v) is 5.99. The summed E-state index contributed by atoms with van der Waals surface area (Å²) in [6.45, 7) is 4.86. The van der Waals surface area contributed by atoms with Gasteiger partial charge in [-0.3, -0.25) is 0 Å². The Kier molecular flexibility index (Phi) is 2.33. The van der Waals surface area contributed by atoms with Gasteiger partial charge in [0.2, 0.25) is 5.95 Å². The van der Waals surface area contributed by atoms with E-state index in [1.807, 2.05) is 32.0 Å². The number of imidazole rings is 1. The zero-order chi connectivity index (χ0) is 12.7. The van der Waals surface area contributed by atoms with Crippen molar-refractivity contribution in [3.63, 3.8) is 0 Å². The molecule has 2 aromatic heterocycles. The number of hydrogen-bond acceptors (Lipinski definition) is 4. The van der Waals surface area contributed by atoms with Crippen molar-refractivity contribution in [3.8, 4) is 0 Å². The van der Waals surface area contributed by atoms with Gasteiger partial charge in [0, 0.05) is 11.9 Å².